The number of allylic oxidation sites excluding steroid dienone is 2. The van der Waals surface area contributed by atoms with E-state index in [1.807, 2.05) is 19.1 Å². The first-order valence-corrected chi connectivity index (χ1v) is 8.75. The molecule has 1 heterocycles. The smallest absolute Gasteiger partial charge is 0.243 e. The molecule has 0 aromatic heterocycles. The Morgan fingerprint density at radius 3 is 2.43 bits per heavy atom. The lowest BCUT2D eigenvalue weighted by Crippen LogP contribution is -2.38. The van der Waals surface area contributed by atoms with Gasteiger partial charge in [0, 0.05) is 12.6 Å². The van der Waals surface area contributed by atoms with Crippen molar-refractivity contribution < 1.29 is 13.5 Å². The van der Waals surface area contributed by atoms with E-state index < -0.39 is 10.0 Å². The number of nitrogens with zero attached hydrogens (tertiary/aromatic N) is 1. The lowest BCUT2D eigenvalue weighted by atomic mass is 9.83. The van der Waals surface area contributed by atoms with Crippen LogP contribution >= 0.6 is 0 Å². The van der Waals surface area contributed by atoms with Gasteiger partial charge in [-0.25, -0.2) is 8.42 Å². The average Bonchev–Trinajstić information content (AvgIpc) is 3.07. The van der Waals surface area contributed by atoms with Crippen LogP contribution in [0.2, 0.25) is 0 Å². The van der Waals surface area contributed by atoms with Gasteiger partial charge in [0.2, 0.25) is 10.0 Å². The summed E-state index contributed by atoms with van der Waals surface area (Å²) in [5, 5.41) is 9.61. The molecule has 1 aromatic rings. The predicted molar refractivity (Wildman–Crippen MR) is 81.4 cm³/mol. The van der Waals surface area contributed by atoms with Gasteiger partial charge in [0.15, 0.2) is 0 Å². The molecule has 0 radical (unpaired) electrons. The summed E-state index contributed by atoms with van der Waals surface area (Å²) in [6.07, 6.45) is 6.79. The van der Waals surface area contributed by atoms with E-state index in [0.717, 1.165) is 24.8 Å². The van der Waals surface area contributed by atoms with Crippen LogP contribution in [-0.4, -0.2) is 37.0 Å². The van der Waals surface area contributed by atoms with Gasteiger partial charge in [-0.3, -0.25) is 0 Å². The van der Waals surface area contributed by atoms with Crippen molar-refractivity contribution >= 4 is 10.0 Å². The Morgan fingerprint density at radius 1 is 1.24 bits per heavy atom. The molecular weight excluding hydrogens is 286 g/mol. The second-order valence-electron chi connectivity index (χ2n) is 6.28. The van der Waals surface area contributed by atoms with Gasteiger partial charge in [0.25, 0.3) is 0 Å². The standard InChI is InChI=1S/C16H21NO3S/c1-13-4-6-15(7-5-13)21(19,20)17-12-16(8-2-3-9-16)10-14(17)11-18/h2-7,14,18H,8-12H2,1H3/t14-/m0/s1. The minimum absolute atomic E-state index is 0.00877. The third-order valence-corrected chi connectivity index (χ3v) is 6.59. The van der Waals surface area contributed by atoms with E-state index >= 15 is 0 Å². The van der Waals surface area contributed by atoms with Crippen LogP contribution in [0, 0.1) is 12.3 Å². The molecule has 0 amide bonds. The first-order valence-electron chi connectivity index (χ1n) is 7.31. The molecule has 1 atom stereocenters. The minimum atomic E-state index is -3.53. The molecule has 0 saturated carbocycles. The number of aliphatic hydroxyl groups is 1. The second-order valence-corrected chi connectivity index (χ2v) is 8.17. The van der Waals surface area contributed by atoms with Crippen molar-refractivity contribution in [2.24, 2.45) is 5.41 Å². The molecule has 114 valence electrons. The average molecular weight is 307 g/mol. The third-order valence-electron chi connectivity index (χ3n) is 4.67. The van der Waals surface area contributed by atoms with Crippen LogP contribution in [0.15, 0.2) is 41.3 Å². The fourth-order valence-corrected chi connectivity index (χ4v) is 5.18. The van der Waals surface area contributed by atoms with E-state index in [2.05, 4.69) is 12.2 Å². The van der Waals surface area contributed by atoms with Gasteiger partial charge >= 0.3 is 0 Å². The molecule has 1 aliphatic carbocycles. The van der Waals surface area contributed by atoms with E-state index in [-0.39, 0.29) is 18.1 Å². The zero-order valence-corrected chi connectivity index (χ0v) is 13.0. The van der Waals surface area contributed by atoms with Crippen LogP contribution in [0.25, 0.3) is 0 Å². The second kappa shape index (κ2) is 5.23. The summed E-state index contributed by atoms with van der Waals surface area (Å²) in [7, 11) is -3.53. The predicted octanol–water partition coefficient (Wildman–Crippen LogP) is 2.09. The van der Waals surface area contributed by atoms with Gasteiger partial charge in [0.05, 0.1) is 11.5 Å². The summed E-state index contributed by atoms with van der Waals surface area (Å²) >= 11 is 0. The quantitative estimate of drug-likeness (QED) is 0.870. The van der Waals surface area contributed by atoms with Crippen LogP contribution in [0.5, 0.6) is 0 Å². The maximum absolute atomic E-state index is 12.8. The number of rotatable bonds is 3. The first kappa shape index (κ1) is 14.8. The molecule has 5 heteroatoms. The Balaban J connectivity index is 1.92. The van der Waals surface area contributed by atoms with Crippen LogP contribution < -0.4 is 0 Å². The van der Waals surface area contributed by atoms with Crippen molar-refractivity contribution in [3.05, 3.63) is 42.0 Å². The van der Waals surface area contributed by atoms with E-state index in [9.17, 15) is 13.5 Å². The van der Waals surface area contributed by atoms with Crippen molar-refractivity contribution in [2.45, 2.75) is 37.1 Å². The highest BCUT2D eigenvalue weighted by Gasteiger charge is 2.48. The molecule has 1 aliphatic heterocycles. The number of aliphatic hydroxyl groups excluding tert-OH is 1. The first-order chi connectivity index (χ1) is 9.97. The molecule has 1 fully saturated rings. The number of sulfonamides is 1. The van der Waals surface area contributed by atoms with Gasteiger partial charge < -0.3 is 5.11 Å². The molecule has 1 aromatic carbocycles. The summed E-state index contributed by atoms with van der Waals surface area (Å²) in [4.78, 5) is 0.314. The van der Waals surface area contributed by atoms with Gasteiger partial charge in [-0.1, -0.05) is 29.8 Å². The number of hydrogen-bond acceptors (Lipinski definition) is 3. The molecular formula is C16H21NO3S. The van der Waals surface area contributed by atoms with E-state index in [0.29, 0.717) is 11.4 Å². The van der Waals surface area contributed by atoms with Crippen LogP contribution in [-0.2, 0) is 10.0 Å². The van der Waals surface area contributed by atoms with E-state index in [1.165, 1.54) is 4.31 Å². The molecule has 1 saturated heterocycles. The normalized spacial score (nSPS) is 25.0. The largest absolute Gasteiger partial charge is 0.395 e. The number of aryl methyl sites for hydroxylation is 1. The molecule has 0 bridgehead atoms. The molecule has 1 N–H and O–H groups in total. The summed E-state index contributed by atoms with van der Waals surface area (Å²) in [5.41, 5.74) is 1.02. The topological polar surface area (TPSA) is 57.6 Å². The SMILES string of the molecule is Cc1ccc(S(=O)(=O)N2CC3(CC=CC3)C[C@H]2CO)cc1. The molecule has 3 rings (SSSR count). The summed E-state index contributed by atoms with van der Waals surface area (Å²) in [6, 6.07) is 6.61. The van der Waals surface area contributed by atoms with Crippen molar-refractivity contribution in [1.82, 2.24) is 4.31 Å². The highest BCUT2D eigenvalue weighted by molar-refractivity contribution is 7.89. The van der Waals surface area contributed by atoms with Crippen LogP contribution in [0.4, 0.5) is 0 Å². The molecule has 4 nitrogen and oxygen atoms in total. The van der Waals surface area contributed by atoms with Crippen molar-refractivity contribution in [2.75, 3.05) is 13.2 Å². The van der Waals surface area contributed by atoms with E-state index in [4.69, 9.17) is 0 Å². The van der Waals surface area contributed by atoms with Crippen molar-refractivity contribution in [1.29, 1.82) is 0 Å². The zero-order chi connectivity index (χ0) is 15.1. The van der Waals surface area contributed by atoms with Gasteiger partial charge in [-0.15, -0.1) is 0 Å². The lowest BCUT2D eigenvalue weighted by Gasteiger charge is -2.24. The Kier molecular flexibility index (Phi) is 3.67. The number of hydrogen-bond donors (Lipinski definition) is 1. The summed E-state index contributed by atoms with van der Waals surface area (Å²) in [5.74, 6) is 0. The zero-order valence-electron chi connectivity index (χ0n) is 12.2. The minimum Gasteiger partial charge on any atom is -0.395 e. The Hall–Kier alpha value is -1.17. The fraction of sp³-hybridized carbons (Fsp3) is 0.500. The highest BCUT2D eigenvalue weighted by Crippen LogP contribution is 2.46. The summed E-state index contributed by atoms with van der Waals surface area (Å²) in [6.45, 7) is 2.32. The van der Waals surface area contributed by atoms with Crippen molar-refractivity contribution in [3.63, 3.8) is 0 Å². The lowest BCUT2D eigenvalue weighted by molar-refractivity contribution is 0.212. The maximum Gasteiger partial charge on any atom is 0.243 e. The van der Waals surface area contributed by atoms with E-state index in [1.54, 1.807) is 12.1 Å². The Labute approximate surface area is 126 Å². The van der Waals surface area contributed by atoms with Gasteiger partial charge in [-0.05, 0) is 43.7 Å². The number of benzene rings is 1. The van der Waals surface area contributed by atoms with Gasteiger partial charge in [0.1, 0.15) is 0 Å². The maximum atomic E-state index is 12.8. The monoisotopic (exact) mass is 307 g/mol. The Bertz CT molecular complexity index is 641. The Morgan fingerprint density at radius 2 is 1.86 bits per heavy atom. The molecule has 2 aliphatic rings. The van der Waals surface area contributed by atoms with Crippen LogP contribution in [0.3, 0.4) is 0 Å². The van der Waals surface area contributed by atoms with Crippen molar-refractivity contribution in [3.8, 4) is 0 Å². The fourth-order valence-electron chi connectivity index (χ4n) is 3.45. The molecule has 1 spiro atoms. The van der Waals surface area contributed by atoms with Crippen LogP contribution in [0.1, 0.15) is 24.8 Å². The summed E-state index contributed by atoms with van der Waals surface area (Å²) < 4.78 is 27.2. The molecule has 21 heavy (non-hydrogen) atoms. The third kappa shape index (κ3) is 2.54. The highest BCUT2D eigenvalue weighted by atomic mass is 32.2. The van der Waals surface area contributed by atoms with Gasteiger partial charge in [-0.2, -0.15) is 4.31 Å². The molecule has 0 unspecified atom stereocenters.